The fourth-order valence-electron chi connectivity index (χ4n) is 1.21. The van der Waals surface area contributed by atoms with Gasteiger partial charge in [-0.25, -0.2) is 0 Å². The van der Waals surface area contributed by atoms with Gasteiger partial charge in [0.25, 0.3) is 0 Å². The second-order valence-electron chi connectivity index (χ2n) is 3.52. The molecule has 1 rings (SSSR count). The average Bonchev–Trinajstić information content (AvgIpc) is 2.01. The molecule has 0 amide bonds. The van der Waals surface area contributed by atoms with Gasteiger partial charge in [-0.15, -0.1) is 0 Å². The summed E-state index contributed by atoms with van der Waals surface area (Å²) in [6.07, 6.45) is -0.390. The van der Waals surface area contributed by atoms with Crippen molar-refractivity contribution in [1.82, 2.24) is 0 Å². The number of benzene rings is 1. The van der Waals surface area contributed by atoms with Crippen LogP contribution in [0.25, 0.3) is 0 Å². The molecule has 0 saturated carbocycles. The van der Waals surface area contributed by atoms with Crippen LogP contribution in [-0.2, 0) is 0 Å². The highest BCUT2D eigenvalue weighted by atomic mass is 79.9. The van der Waals surface area contributed by atoms with Crippen molar-refractivity contribution >= 4 is 15.9 Å². The van der Waals surface area contributed by atoms with Crippen LogP contribution in [-0.4, -0.2) is 11.2 Å². The number of aliphatic hydroxyl groups excluding tert-OH is 1. The highest BCUT2D eigenvalue weighted by Crippen LogP contribution is 2.29. The van der Waals surface area contributed by atoms with E-state index >= 15 is 0 Å². The Morgan fingerprint density at radius 2 is 1.93 bits per heavy atom. The molecule has 14 heavy (non-hydrogen) atoms. The predicted octanol–water partition coefficient (Wildman–Crippen LogP) is 3.29. The Morgan fingerprint density at radius 1 is 1.29 bits per heavy atom. The molecule has 0 aliphatic rings. The first-order chi connectivity index (χ1) is 6.50. The minimum atomic E-state index is -0.503. The smallest absolute Gasteiger partial charge is 0.126 e. The van der Waals surface area contributed by atoms with E-state index in [1.54, 1.807) is 6.92 Å². The minimum absolute atomic E-state index is 0.113. The lowest BCUT2D eigenvalue weighted by atomic mass is 10.1. The van der Waals surface area contributed by atoms with Crippen LogP contribution in [0.2, 0.25) is 0 Å². The molecule has 1 aromatic carbocycles. The maximum absolute atomic E-state index is 9.51. The molecule has 0 saturated heterocycles. The summed E-state index contributed by atoms with van der Waals surface area (Å²) in [4.78, 5) is 0. The van der Waals surface area contributed by atoms with E-state index in [9.17, 15) is 5.11 Å². The topological polar surface area (TPSA) is 29.5 Å². The van der Waals surface area contributed by atoms with Crippen molar-refractivity contribution in [1.29, 1.82) is 0 Å². The fraction of sp³-hybridized carbons (Fsp3) is 0.455. The van der Waals surface area contributed by atoms with Crippen molar-refractivity contribution in [3.63, 3.8) is 0 Å². The lowest BCUT2D eigenvalue weighted by molar-refractivity contribution is 0.183. The second-order valence-corrected chi connectivity index (χ2v) is 4.44. The molecule has 0 unspecified atom stereocenters. The summed E-state index contributed by atoms with van der Waals surface area (Å²) in [5.41, 5.74) is 0.821. The third kappa shape index (κ3) is 3.00. The Morgan fingerprint density at radius 3 is 2.43 bits per heavy atom. The first kappa shape index (κ1) is 11.5. The molecular weight excluding hydrogens is 244 g/mol. The summed E-state index contributed by atoms with van der Waals surface area (Å²) in [6.45, 7) is 5.66. The van der Waals surface area contributed by atoms with Crippen molar-refractivity contribution in [3.05, 3.63) is 28.2 Å². The van der Waals surface area contributed by atoms with Crippen molar-refractivity contribution in [2.75, 3.05) is 0 Å². The van der Waals surface area contributed by atoms with Crippen LogP contribution in [0.15, 0.2) is 22.7 Å². The highest BCUT2D eigenvalue weighted by Gasteiger charge is 2.10. The van der Waals surface area contributed by atoms with Gasteiger partial charge >= 0.3 is 0 Å². The first-order valence-corrected chi connectivity index (χ1v) is 5.44. The SMILES string of the molecule is CC(C)Oc1cc(Br)ccc1[C@H](C)O. The molecule has 0 fully saturated rings. The summed E-state index contributed by atoms with van der Waals surface area (Å²) >= 11 is 3.37. The van der Waals surface area contributed by atoms with E-state index in [2.05, 4.69) is 15.9 Å². The molecule has 0 aliphatic carbocycles. The van der Waals surface area contributed by atoms with E-state index < -0.39 is 6.10 Å². The molecule has 0 aliphatic heterocycles. The molecule has 0 spiro atoms. The van der Waals surface area contributed by atoms with E-state index in [0.29, 0.717) is 0 Å². The third-order valence-corrected chi connectivity index (χ3v) is 2.28. The molecule has 0 radical (unpaired) electrons. The lowest BCUT2D eigenvalue weighted by Gasteiger charge is -2.16. The van der Waals surface area contributed by atoms with E-state index in [4.69, 9.17) is 4.74 Å². The van der Waals surface area contributed by atoms with Gasteiger partial charge in [0.15, 0.2) is 0 Å². The summed E-state index contributed by atoms with van der Waals surface area (Å²) in [7, 11) is 0. The van der Waals surface area contributed by atoms with Crippen LogP contribution in [0.3, 0.4) is 0 Å². The Kier molecular flexibility index (Phi) is 3.96. The zero-order chi connectivity index (χ0) is 10.7. The number of halogens is 1. The van der Waals surface area contributed by atoms with Crippen molar-refractivity contribution in [2.45, 2.75) is 33.0 Å². The molecule has 78 valence electrons. The van der Waals surface area contributed by atoms with Crippen LogP contribution < -0.4 is 4.74 Å². The molecule has 3 heteroatoms. The largest absolute Gasteiger partial charge is 0.491 e. The zero-order valence-electron chi connectivity index (χ0n) is 8.62. The van der Waals surface area contributed by atoms with Gasteiger partial charge < -0.3 is 9.84 Å². The molecule has 1 atom stereocenters. The van der Waals surface area contributed by atoms with Gasteiger partial charge in [0.1, 0.15) is 5.75 Å². The molecular formula is C11H15BrO2. The van der Waals surface area contributed by atoms with E-state index in [0.717, 1.165) is 15.8 Å². The molecule has 0 heterocycles. The quantitative estimate of drug-likeness (QED) is 0.902. The van der Waals surface area contributed by atoms with Crippen molar-refractivity contribution < 1.29 is 9.84 Å². The van der Waals surface area contributed by atoms with Crippen LogP contribution in [0.4, 0.5) is 0 Å². The monoisotopic (exact) mass is 258 g/mol. The standard InChI is InChI=1S/C11H15BrO2/c1-7(2)14-11-6-9(12)4-5-10(11)8(3)13/h4-8,13H,1-3H3/t8-/m0/s1. The van der Waals surface area contributed by atoms with Crippen LogP contribution >= 0.6 is 15.9 Å². The average molecular weight is 259 g/mol. The number of rotatable bonds is 3. The molecule has 1 N–H and O–H groups in total. The van der Waals surface area contributed by atoms with Gasteiger partial charge in [-0.3, -0.25) is 0 Å². The second kappa shape index (κ2) is 4.80. The molecule has 1 aromatic rings. The van der Waals surface area contributed by atoms with Gasteiger partial charge in [-0.05, 0) is 32.9 Å². The van der Waals surface area contributed by atoms with Crippen molar-refractivity contribution in [3.8, 4) is 5.75 Å². The van der Waals surface area contributed by atoms with Crippen LogP contribution in [0.5, 0.6) is 5.75 Å². The number of hydrogen-bond donors (Lipinski definition) is 1. The van der Waals surface area contributed by atoms with E-state index in [-0.39, 0.29) is 6.10 Å². The van der Waals surface area contributed by atoms with Gasteiger partial charge in [-0.1, -0.05) is 22.0 Å². The fourth-order valence-corrected chi connectivity index (χ4v) is 1.55. The summed E-state index contributed by atoms with van der Waals surface area (Å²) in [6, 6.07) is 5.64. The van der Waals surface area contributed by atoms with Gasteiger partial charge in [-0.2, -0.15) is 0 Å². The van der Waals surface area contributed by atoms with Gasteiger partial charge in [0.2, 0.25) is 0 Å². The molecule has 0 bridgehead atoms. The Labute approximate surface area is 93.0 Å². The number of hydrogen-bond acceptors (Lipinski definition) is 2. The first-order valence-electron chi connectivity index (χ1n) is 4.65. The van der Waals surface area contributed by atoms with Gasteiger partial charge in [0.05, 0.1) is 12.2 Å². The number of ether oxygens (including phenoxy) is 1. The van der Waals surface area contributed by atoms with E-state index in [1.165, 1.54) is 0 Å². The predicted molar refractivity (Wildman–Crippen MR) is 60.5 cm³/mol. The van der Waals surface area contributed by atoms with E-state index in [1.807, 2.05) is 32.0 Å². The Balaban J connectivity index is 3.03. The lowest BCUT2D eigenvalue weighted by Crippen LogP contribution is -2.08. The zero-order valence-corrected chi connectivity index (χ0v) is 10.2. The maximum atomic E-state index is 9.51. The Bertz CT molecular complexity index is 308. The summed E-state index contributed by atoms with van der Waals surface area (Å²) in [5, 5.41) is 9.51. The molecule has 0 aromatic heterocycles. The van der Waals surface area contributed by atoms with Gasteiger partial charge in [0, 0.05) is 10.0 Å². The maximum Gasteiger partial charge on any atom is 0.126 e. The van der Waals surface area contributed by atoms with Crippen molar-refractivity contribution in [2.24, 2.45) is 0 Å². The van der Waals surface area contributed by atoms with Crippen LogP contribution in [0, 0.1) is 0 Å². The summed E-state index contributed by atoms with van der Waals surface area (Å²) < 4.78 is 6.55. The normalized spacial score (nSPS) is 13.0. The Hall–Kier alpha value is -0.540. The minimum Gasteiger partial charge on any atom is -0.491 e. The highest BCUT2D eigenvalue weighted by molar-refractivity contribution is 9.10. The third-order valence-electron chi connectivity index (χ3n) is 1.79. The number of aliphatic hydroxyl groups is 1. The molecule has 2 nitrogen and oxygen atoms in total. The van der Waals surface area contributed by atoms with Crippen LogP contribution in [0.1, 0.15) is 32.4 Å². The summed E-state index contributed by atoms with van der Waals surface area (Å²) in [5.74, 6) is 0.740.